The molecule has 0 spiro atoms. The highest BCUT2D eigenvalue weighted by atomic mass is 16.5. The highest BCUT2D eigenvalue weighted by Gasteiger charge is 2.17. The fraction of sp³-hybridized carbons (Fsp3) is 0.684. The van der Waals surface area contributed by atoms with E-state index in [9.17, 15) is 0 Å². The van der Waals surface area contributed by atoms with E-state index in [1.807, 2.05) is 0 Å². The summed E-state index contributed by atoms with van der Waals surface area (Å²) in [5.74, 6) is 0. The predicted molar refractivity (Wildman–Crippen MR) is 92.0 cm³/mol. The van der Waals surface area contributed by atoms with E-state index >= 15 is 0 Å². The maximum absolute atomic E-state index is 5.96. The summed E-state index contributed by atoms with van der Waals surface area (Å²) >= 11 is 0. The van der Waals surface area contributed by atoms with Crippen LogP contribution in [0.1, 0.15) is 62.4 Å². The van der Waals surface area contributed by atoms with Gasteiger partial charge in [-0.1, -0.05) is 45.4 Å². The molecule has 120 valence electrons. The highest BCUT2D eigenvalue weighted by molar-refractivity contribution is 5.39. The van der Waals surface area contributed by atoms with Crippen molar-refractivity contribution in [1.29, 1.82) is 0 Å². The summed E-state index contributed by atoms with van der Waals surface area (Å²) in [7, 11) is 0. The first-order valence-corrected chi connectivity index (χ1v) is 8.13. The van der Waals surface area contributed by atoms with Crippen LogP contribution in [0.5, 0.6) is 0 Å². The van der Waals surface area contributed by atoms with Gasteiger partial charge in [-0.05, 0) is 55.8 Å². The lowest BCUT2D eigenvalue weighted by molar-refractivity contribution is 0.0898. The highest BCUT2D eigenvalue weighted by Crippen LogP contribution is 2.24. The van der Waals surface area contributed by atoms with Crippen molar-refractivity contribution >= 4 is 0 Å². The van der Waals surface area contributed by atoms with Gasteiger partial charge in [-0.15, -0.1) is 0 Å². The van der Waals surface area contributed by atoms with E-state index in [1.54, 1.807) is 0 Å². The molecule has 2 heteroatoms. The first-order valence-electron chi connectivity index (χ1n) is 8.13. The van der Waals surface area contributed by atoms with Crippen LogP contribution in [0.2, 0.25) is 0 Å². The Balaban J connectivity index is 2.74. The molecule has 0 saturated carbocycles. The van der Waals surface area contributed by atoms with Gasteiger partial charge in [0, 0.05) is 6.61 Å². The number of aryl methyl sites for hydroxylation is 3. The zero-order chi connectivity index (χ0) is 16.0. The summed E-state index contributed by atoms with van der Waals surface area (Å²) in [4.78, 5) is 0. The van der Waals surface area contributed by atoms with Gasteiger partial charge >= 0.3 is 0 Å². The van der Waals surface area contributed by atoms with E-state index in [1.165, 1.54) is 22.3 Å². The van der Waals surface area contributed by atoms with Crippen LogP contribution < -0.4 is 5.32 Å². The van der Waals surface area contributed by atoms with E-state index in [0.29, 0.717) is 5.41 Å². The number of rotatable bonds is 7. The molecule has 0 aliphatic heterocycles. The van der Waals surface area contributed by atoms with Crippen LogP contribution >= 0.6 is 0 Å². The van der Waals surface area contributed by atoms with Gasteiger partial charge in [0.25, 0.3) is 0 Å². The molecule has 0 radical (unpaired) electrons. The Hall–Kier alpha value is -0.860. The van der Waals surface area contributed by atoms with Crippen molar-refractivity contribution in [2.75, 3.05) is 19.8 Å². The predicted octanol–water partition coefficient (Wildman–Crippen LogP) is 4.72. The molecule has 1 aromatic rings. The second kappa shape index (κ2) is 7.95. The molecule has 0 fully saturated rings. The van der Waals surface area contributed by atoms with Crippen LogP contribution in [-0.2, 0) is 4.74 Å². The molecular formula is C19H33NO. The fourth-order valence-corrected chi connectivity index (χ4v) is 2.81. The quantitative estimate of drug-likeness (QED) is 0.734. The Bertz CT molecular complexity index is 422. The first kappa shape index (κ1) is 18.2. The van der Waals surface area contributed by atoms with Crippen LogP contribution in [0.15, 0.2) is 12.1 Å². The Morgan fingerprint density at radius 1 is 1.10 bits per heavy atom. The van der Waals surface area contributed by atoms with Crippen LogP contribution in [0.4, 0.5) is 0 Å². The molecule has 0 saturated heterocycles. The van der Waals surface area contributed by atoms with E-state index in [2.05, 4.69) is 65.9 Å². The molecule has 21 heavy (non-hydrogen) atoms. The Morgan fingerprint density at radius 2 is 1.67 bits per heavy atom. The Morgan fingerprint density at radius 3 is 2.14 bits per heavy atom. The van der Waals surface area contributed by atoms with Crippen molar-refractivity contribution in [1.82, 2.24) is 5.32 Å². The van der Waals surface area contributed by atoms with Crippen molar-refractivity contribution in [3.8, 4) is 0 Å². The third-order valence-corrected chi connectivity index (χ3v) is 3.82. The van der Waals surface area contributed by atoms with Crippen molar-refractivity contribution in [3.05, 3.63) is 34.4 Å². The third kappa shape index (κ3) is 6.19. The number of likely N-dealkylation sites (N-methyl/N-ethyl adjacent to an activating group) is 1. The lowest BCUT2D eigenvalue weighted by Gasteiger charge is -2.24. The minimum absolute atomic E-state index is 0.288. The molecule has 0 aromatic heterocycles. The van der Waals surface area contributed by atoms with E-state index in [0.717, 1.165) is 26.2 Å². The number of nitrogens with one attached hydrogen (secondary N) is 1. The summed E-state index contributed by atoms with van der Waals surface area (Å²) in [6.45, 7) is 18.0. The van der Waals surface area contributed by atoms with Crippen molar-refractivity contribution in [2.24, 2.45) is 5.41 Å². The molecule has 1 N–H and O–H groups in total. The standard InChI is InChI=1S/C19H33NO/c1-8-20-17(13-21-10-9-19(5,6)7)18-15(3)11-14(2)12-16(18)4/h11-12,17,20H,8-10,13H2,1-7H3. The molecule has 0 bridgehead atoms. The number of benzene rings is 1. The van der Waals surface area contributed by atoms with Gasteiger partial charge in [0.05, 0.1) is 12.6 Å². The van der Waals surface area contributed by atoms with Crippen molar-refractivity contribution in [2.45, 2.75) is 60.9 Å². The summed E-state index contributed by atoms with van der Waals surface area (Å²) in [6.07, 6.45) is 1.09. The van der Waals surface area contributed by atoms with Gasteiger partial charge in [-0.25, -0.2) is 0 Å². The Labute approximate surface area is 131 Å². The summed E-state index contributed by atoms with van der Waals surface area (Å²) < 4.78 is 5.96. The molecule has 0 amide bonds. The molecule has 1 atom stereocenters. The van der Waals surface area contributed by atoms with Gasteiger partial charge in [0.15, 0.2) is 0 Å². The van der Waals surface area contributed by atoms with E-state index < -0.39 is 0 Å². The van der Waals surface area contributed by atoms with Crippen LogP contribution in [-0.4, -0.2) is 19.8 Å². The minimum atomic E-state index is 0.288. The Kier molecular flexibility index (Phi) is 6.89. The largest absolute Gasteiger partial charge is 0.379 e. The monoisotopic (exact) mass is 291 g/mol. The molecular weight excluding hydrogens is 258 g/mol. The first-order chi connectivity index (χ1) is 9.74. The number of hydrogen-bond donors (Lipinski definition) is 1. The average Bonchev–Trinajstić information content (AvgIpc) is 2.32. The van der Waals surface area contributed by atoms with E-state index in [4.69, 9.17) is 4.74 Å². The maximum atomic E-state index is 5.96. The summed E-state index contributed by atoms with van der Waals surface area (Å²) in [5.41, 5.74) is 5.79. The van der Waals surface area contributed by atoms with Gasteiger partial charge < -0.3 is 10.1 Å². The second-order valence-electron chi connectivity index (χ2n) is 7.31. The average molecular weight is 291 g/mol. The third-order valence-electron chi connectivity index (χ3n) is 3.82. The molecule has 2 nitrogen and oxygen atoms in total. The van der Waals surface area contributed by atoms with Crippen LogP contribution in [0, 0.1) is 26.2 Å². The molecule has 0 aliphatic carbocycles. The normalized spacial score (nSPS) is 13.5. The zero-order valence-corrected chi connectivity index (χ0v) is 15.0. The second-order valence-corrected chi connectivity index (χ2v) is 7.31. The SMILES string of the molecule is CCNC(COCCC(C)(C)C)c1c(C)cc(C)cc1C. The number of ether oxygens (including phenoxy) is 1. The lowest BCUT2D eigenvalue weighted by atomic mass is 9.93. The van der Waals surface area contributed by atoms with Crippen molar-refractivity contribution < 1.29 is 4.74 Å². The van der Waals surface area contributed by atoms with Gasteiger partial charge in [0.2, 0.25) is 0 Å². The minimum Gasteiger partial charge on any atom is -0.379 e. The van der Waals surface area contributed by atoms with E-state index in [-0.39, 0.29) is 6.04 Å². The lowest BCUT2D eigenvalue weighted by Crippen LogP contribution is -2.27. The number of hydrogen-bond acceptors (Lipinski definition) is 2. The van der Waals surface area contributed by atoms with Crippen LogP contribution in [0.3, 0.4) is 0 Å². The molecule has 1 rings (SSSR count). The molecule has 0 heterocycles. The van der Waals surface area contributed by atoms with Gasteiger partial charge in [-0.2, -0.15) is 0 Å². The zero-order valence-electron chi connectivity index (χ0n) is 15.0. The molecule has 1 unspecified atom stereocenters. The van der Waals surface area contributed by atoms with Gasteiger partial charge in [-0.3, -0.25) is 0 Å². The fourth-order valence-electron chi connectivity index (χ4n) is 2.81. The molecule has 1 aromatic carbocycles. The maximum Gasteiger partial charge on any atom is 0.0661 e. The molecule has 0 aliphatic rings. The van der Waals surface area contributed by atoms with Crippen molar-refractivity contribution in [3.63, 3.8) is 0 Å². The summed E-state index contributed by atoms with van der Waals surface area (Å²) in [6, 6.07) is 4.82. The van der Waals surface area contributed by atoms with Gasteiger partial charge in [0.1, 0.15) is 0 Å². The summed E-state index contributed by atoms with van der Waals surface area (Å²) in [5, 5.41) is 3.57. The van der Waals surface area contributed by atoms with Crippen LogP contribution in [0.25, 0.3) is 0 Å². The smallest absolute Gasteiger partial charge is 0.0661 e. The topological polar surface area (TPSA) is 21.3 Å².